The summed E-state index contributed by atoms with van der Waals surface area (Å²) in [5, 5.41) is 3.80. The fourth-order valence-electron chi connectivity index (χ4n) is 4.28. The molecular weight excluding hydrogens is 392 g/mol. The summed E-state index contributed by atoms with van der Waals surface area (Å²) in [6, 6.07) is 13.6. The van der Waals surface area contributed by atoms with Crippen molar-refractivity contribution in [3.05, 3.63) is 64.0 Å². The molecule has 1 heterocycles. The number of nitrogens with one attached hydrogen (secondary N) is 1. The van der Waals surface area contributed by atoms with Crippen LogP contribution in [-0.4, -0.2) is 25.1 Å². The van der Waals surface area contributed by atoms with Crippen molar-refractivity contribution < 1.29 is 13.9 Å². The molecule has 3 aromatic rings. The molecule has 31 heavy (non-hydrogen) atoms. The molecule has 0 saturated heterocycles. The van der Waals surface area contributed by atoms with Gasteiger partial charge in [-0.25, -0.2) is 4.79 Å². The number of hydrogen-bond acceptors (Lipinski definition) is 5. The molecule has 4 rings (SSSR count). The monoisotopic (exact) mass is 420 g/mol. The van der Waals surface area contributed by atoms with Crippen molar-refractivity contribution >= 4 is 28.3 Å². The lowest BCUT2D eigenvalue weighted by Crippen LogP contribution is -2.30. The third-order valence-corrected chi connectivity index (χ3v) is 5.76. The minimum Gasteiger partial charge on any atom is -0.484 e. The lowest BCUT2D eigenvalue weighted by Gasteiger charge is -2.27. The van der Waals surface area contributed by atoms with E-state index in [1.807, 2.05) is 36.4 Å². The standard InChI is InChI=1S/C25H28N2O4/c1-4-27(16(2)3)18-10-8-17(9-11-18)26-24(28)15-30-19-12-13-21-20-6-5-7-22(20)25(29)31-23(21)14-19/h8-14,16H,4-7,15H2,1-3H3,(H,26,28). The highest BCUT2D eigenvalue weighted by Gasteiger charge is 2.19. The third kappa shape index (κ3) is 4.43. The van der Waals surface area contributed by atoms with Crippen molar-refractivity contribution in [2.75, 3.05) is 23.4 Å². The first kappa shape index (κ1) is 21.0. The van der Waals surface area contributed by atoms with E-state index in [0.29, 0.717) is 17.4 Å². The molecule has 0 saturated carbocycles. The number of nitrogens with zero attached hydrogens (tertiary/aromatic N) is 1. The molecule has 1 aromatic heterocycles. The predicted molar refractivity (Wildman–Crippen MR) is 123 cm³/mol. The van der Waals surface area contributed by atoms with Gasteiger partial charge in [0.2, 0.25) is 0 Å². The van der Waals surface area contributed by atoms with E-state index in [9.17, 15) is 9.59 Å². The van der Waals surface area contributed by atoms with Gasteiger partial charge in [0, 0.05) is 41.0 Å². The van der Waals surface area contributed by atoms with E-state index in [4.69, 9.17) is 9.15 Å². The van der Waals surface area contributed by atoms with Crippen LogP contribution < -0.4 is 20.6 Å². The SMILES string of the molecule is CCN(c1ccc(NC(=O)COc2ccc3c4c(c(=O)oc3c2)CCC4)cc1)C(C)C. The second-order valence-electron chi connectivity index (χ2n) is 8.12. The summed E-state index contributed by atoms with van der Waals surface area (Å²) in [5.41, 5.74) is 3.95. The smallest absolute Gasteiger partial charge is 0.339 e. The number of carbonyl (C=O) groups is 1. The summed E-state index contributed by atoms with van der Waals surface area (Å²) in [7, 11) is 0. The molecule has 0 spiro atoms. The van der Waals surface area contributed by atoms with E-state index in [1.54, 1.807) is 6.07 Å². The predicted octanol–water partition coefficient (Wildman–Crippen LogP) is 4.53. The van der Waals surface area contributed by atoms with Gasteiger partial charge in [0.15, 0.2) is 6.61 Å². The molecule has 1 aliphatic carbocycles. The minimum atomic E-state index is -0.266. The number of amides is 1. The molecule has 6 nitrogen and oxygen atoms in total. The van der Waals surface area contributed by atoms with Crippen LogP contribution in [0.2, 0.25) is 0 Å². The Labute approximate surface area is 181 Å². The van der Waals surface area contributed by atoms with Crippen molar-refractivity contribution in [2.24, 2.45) is 0 Å². The van der Waals surface area contributed by atoms with Gasteiger partial charge in [-0.05, 0) is 82.0 Å². The molecular formula is C25H28N2O4. The maximum absolute atomic E-state index is 12.3. The van der Waals surface area contributed by atoms with Crippen LogP contribution in [0.1, 0.15) is 38.3 Å². The summed E-state index contributed by atoms with van der Waals surface area (Å²) in [4.78, 5) is 26.8. The maximum Gasteiger partial charge on any atom is 0.339 e. The number of benzene rings is 2. The molecule has 162 valence electrons. The second-order valence-corrected chi connectivity index (χ2v) is 8.12. The van der Waals surface area contributed by atoms with Crippen LogP contribution in [-0.2, 0) is 17.6 Å². The summed E-state index contributed by atoms with van der Waals surface area (Å²) < 4.78 is 11.1. The molecule has 1 N–H and O–H groups in total. The molecule has 6 heteroatoms. The molecule has 1 aliphatic rings. The Morgan fingerprint density at radius 2 is 1.87 bits per heavy atom. The maximum atomic E-state index is 12.3. The van der Waals surface area contributed by atoms with Crippen LogP contribution in [0.3, 0.4) is 0 Å². The van der Waals surface area contributed by atoms with Crippen molar-refractivity contribution in [1.29, 1.82) is 0 Å². The van der Waals surface area contributed by atoms with Gasteiger partial charge in [-0.15, -0.1) is 0 Å². The van der Waals surface area contributed by atoms with Gasteiger partial charge in [0.25, 0.3) is 5.91 Å². The van der Waals surface area contributed by atoms with Crippen LogP contribution in [0.4, 0.5) is 11.4 Å². The van der Waals surface area contributed by atoms with Gasteiger partial charge in [0.05, 0.1) is 0 Å². The van der Waals surface area contributed by atoms with Crippen LogP contribution in [0, 0.1) is 0 Å². The number of anilines is 2. The number of fused-ring (bicyclic) bond motifs is 3. The topological polar surface area (TPSA) is 71.8 Å². The fourth-order valence-corrected chi connectivity index (χ4v) is 4.28. The highest BCUT2D eigenvalue weighted by Crippen LogP contribution is 2.29. The Balaban J connectivity index is 1.39. The molecule has 2 aromatic carbocycles. The lowest BCUT2D eigenvalue weighted by atomic mass is 10.1. The van der Waals surface area contributed by atoms with Crippen LogP contribution in [0.25, 0.3) is 11.0 Å². The normalized spacial score (nSPS) is 12.8. The van der Waals surface area contributed by atoms with Gasteiger partial charge in [-0.2, -0.15) is 0 Å². The average Bonchev–Trinajstić information content (AvgIpc) is 3.24. The summed E-state index contributed by atoms with van der Waals surface area (Å²) in [5.74, 6) is 0.245. The van der Waals surface area contributed by atoms with Crippen molar-refractivity contribution in [3.63, 3.8) is 0 Å². The van der Waals surface area contributed by atoms with E-state index < -0.39 is 0 Å². The van der Waals surface area contributed by atoms with E-state index in [-0.39, 0.29) is 18.1 Å². The zero-order valence-electron chi connectivity index (χ0n) is 18.2. The first-order valence-corrected chi connectivity index (χ1v) is 10.8. The number of rotatable bonds is 7. The summed E-state index contributed by atoms with van der Waals surface area (Å²) in [6.07, 6.45) is 2.65. The summed E-state index contributed by atoms with van der Waals surface area (Å²) in [6.45, 7) is 7.23. The van der Waals surface area contributed by atoms with Crippen LogP contribution >= 0.6 is 0 Å². The molecule has 0 radical (unpaired) electrons. The average molecular weight is 421 g/mol. The van der Waals surface area contributed by atoms with Crippen LogP contribution in [0.15, 0.2) is 51.7 Å². The largest absolute Gasteiger partial charge is 0.484 e. The fraction of sp³-hybridized carbons (Fsp3) is 0.360. The Kier molecular flexibility index (Phi) is 5.98. The zero-order chi connectivity index (χ0) is 22.0. The van der Waals surface area contributed by atoms with Gasteiger partial charge in [-0.3, -0.25) is 4.79 Å². The quantitative estimate of drug-likeness (QED) is 0.569. The van der Waals surface area contributed by atoms with E-state index in [2.05, 4.69) is 31.0 Å². The number of carbonyl (C=O) groups excluding carboxylic acids is 1. The molecule has 0 atom stereocenters. The van der Waals surface area contributed by atoms with Crippen molar-refractivity contribution in [2.45, 2.75) is 46.1 Å². The van der Waals surface area contributed by atoms with E-state index in [1.165, 1.54) is 0 Å². The molecule has 0 bridgehead atoms. The van der Waals surface area contributed by atoms with E-state index >= 15 is 0 Å². The highest BCUT2D eigenvalue weighted by molar-refractivity contribution is 5.92. The number of hydrogen-bond donors (Lipinski definition) is 1. The highest BCUT2D eigenvalue weighted by atomic mass is 16.5. The van der Waals surface area contributed by atoms with Gasteiger partial charge >= 0.3 is 5.63 Å². The first-order chi connectivity index (χ1) is 15.0. The number of ether oxygens (including phenoxy) is 1. The van der Waals surface area contributed by atoms with Gasteiger partial charge in [0.1, 0.15) is 11.3 Å². The molecule has 0 aliphatic heterocycles. The molecule has 0 unspecified atom stereocenters. The van der Waals surface area contributed by atoms with Gasteiger partial charge < -0.3 is 19.4 Å². The molecule has 0 fully saturated rings. The van der Waals surface area contributed by atoms with Crippen molar-refractivity contribution in [3.8, 4) is 5.75 Å². The molecule has 1 amide bonds. The Morgan fingerprint density at radius 1 is 1.13 bits per heavy atom. The zero-order valence-corrected chi connectivity index (χ0v) is 18.2. The van der Waals surface area contributed by atoms with Crippen LogP contribution in [0.5, 0.6) is 5.75 Å². The Hall–Kier alpha value is -3.28. The second kappa shape index (κ2) is 8.84. The lowest BCUT2D eigenvalue weighted by molar-refractivity contribution is -0.118. The number of aryl methyl sites for hydroxylation is 1. The Morgan fingerprint density at radius 3 is 2.58 bits per heavy atom. The summed E-state index contributed by atoms with van der Waals surface area (Å²) >= 11 is 0. The van der Waals surface area contributed by atoms with E-state index in [0.717, 1.165) is 53.7 Å². The van der Waals surface area contributed by atoms with Crippen molar-refractivity contribution in [1.82, 2.24) is 0 Å². The first-order valence-electron chi connectivity index (χ1n) is 10.8. The van der Waals surface area contributed by atoms with Gasteiger partial charge in [-0.1, -0.05) is 0 Å². The Bertz CT molecular complexity index is 1150. The minimum absolute atomic E-state index is 0.129. The third-order valence-electron chi connectivity index (χ3n) is 5.76.